The first-order valence-electron chi connectivity index (χ1n) is 10.3. The maximum Gasteiger partial charge on any atom is 0.242 e. The lowest BCUT2D eigenvalue weighted by Crippen LogP contribution is -2.09. The van der Waals surface area contributed by atoms with Gasteiger partial charge in [0.1, 0.15) is 11.0 Å². The third-order valence-corrected chi connectivity index (χ3v) is 7.02. The molecule has 0 aliphatic rings. The fourth-order valence-corrected chi connectivity index (χ4v) is 4.86. The molecular formula is C21H34N2O4S2. The van der Waals surface area contributed by atoms with E-state index in [4.69, 9.17) is 5.73 Å². The number of hydrogen-bond donors (Lipinski definition) is 2. The first kappa shape index (κ1) is 25.4. The number of benzene rings is 1. The molecule has 0 spiro atoms. The van der Waals surface area contributed by atoms with Crippen LogP contribution in [-0.2, 0) is 25.6 Å². The molecule has 0 saturated heterocycles. The Morgan fingerprint density at radius 1 is 1.03 bits per heavy atom. The van der Waals surface area contributed by atoms with Crippen LogP contribution in [0.2, 0.25) is 0 Å². The summed E-state index contributed by atoms with van der Waals surface area (Å²) in [5, 5.41) is 0.773. The highest BCUT2D eigenvalue weighted by Gasteiger charge is 2.12. The predicted octanol–water partition coefficient (Wildman–Crippen LogP) is 4.46. The summed E-state index contributed by atoms with van der Waals surface area (Å²) in [7, 11) is -5.04. The van der Waals surface area contributed by atoms with Crippen molar-refractivity contribution >= 4 is 32.4 Å². The van der Waals surface area contributed by atoms with Gasteiger partial charge in [0.05, 0.1) is 4.90 Å². The van der Waals surface area contributed by atoms with Gasteiger partial charge in [-0.1, -0.05) is 70.8 Å². The van der Waals surface area contributed by atoms with E-state index < -0.39 is 26.7 Å². The van der Waals surface area contributed by atoms with Gasteiger partial charge in [0.2, 0.25) is 5.91 Å². The molecule has 164 valence electrons. The molecule has 0 fully saturated rings. The highest BCUT2D eigenvalue weighted by molar-refractivity contribution is 7.94. The summed E-state index contributed by atoms with van der Waals surface area (Å²) in [5.41, 5.74) is 5.40. The number of carbonyl (C=O) groups is 1. The Morgan fingerprint density at radius 2 is 1.62 bits per heavy atom. The third-order valence-electron chi connectivity index (χ3n) is 4.49. The van der Waals surface area contributed by atoms with Gasteiger partial charge < -0.3 is 10.5 Å². The largest absolute Gasteiger partial charge is 0.366 e. The van der Waals surface area contributed by atoms with Crippen LogP contribution in [0.5, 0.6) is 0 Å². The van der Waals surface area contributed by atoms with E-state index in [1.54, 1.807) is 12.1 Å². The van der Waals surface area contributed by atoms with Crippen molar-refractivity contribution < 1.29 is 17.4 Å². The second-order valence-electron chi connectivity index (χ2n) is 7.11. The molecule has 0 radical (unpaired) electrons. The summed E-state index contributed by atoms with van der Waals surface area (Å²) in [5.74, 6) is -0.310. The van der Waals surface area contributed by atoms with Crippen LogP contribution in [0.25, 0.3) is 0 Å². The molecule has 0 aromatic heterocycles. The lowest BCUT2D eigenvalue weighted by Gasteiger charge is -2.08. The highest BCUT2D eigenvalue weighted by Crippen LogP contribution is 2.18. The molecule has 1 amide bonds. The molecule has 0 aliphatic heterocycles. The fraction of sp³-hybridized carbons (Fsp3) is 0.571. The second-order valence-corrected chi connectivity index (χ2v) is 10.2. The van der Waals surface area contributed by atoms with Crippen molar-refractivity contribution in [1.82, 2.24) is 0 Å². The molecular weight excluding hydrogens is 408 g/mol. The SMILES string of the molecule is CCCCCCCCCCCCS(=O)Nc1cccc(S(=O)(=O)C=CC(N)=O)c1. The number of carbonyl (C=O) groups excluding carboxylic acids is 1. The quantitative estimate of drug-likeness (QED) is 0.291. The molecule has 1 unspecified atom stereocenters. The summed E-state index contributed by atoms with van der Waals surface area (Å²) < 4.78 is 39.3. The lowest BCUT2D eigenvalue weighted by molar-refractivity contribution is -0.113. The van der Waals surface area contributed by atoms with Gasteiger partial charge >= 0.3 is 0 Å². The summed E-state index contributed by atoms with van der Waals surface area (Å²) in [6.45, 7) is 2.22. The van der Waals surface area contributed by atoms with E-state index in [1.165, 1.54) is 57.1 Å². The topological polar surface area (TPSA) is 106 Å². The van der Waals surface area contributed by atoms with Crippen LogP contribution >= 0.6 is 0 Å². The van der Waals surface area contributed by atoms with Gasteiger partial charge in [-0.3, -0.25) is 4.79 Å². The molecule has 1 aromatic carbocycles. The maximum atomic E-state index is 12.2. The van der Waals surface area contributed by atoms with Gasteiger partial charge in [0.25, 0.3) is 0 Å². The lowest BCUT2D eigenvalue weighted by atomic mass is 10.1. The van der Waals surface area contributed by atoms with Crippen LogP contribution in [0.4, 0.5) is 5.69 Å². The van der Waals surface area contributed by atoms with Crippen LogP contribution < -0.4 is 10.5 Å². The molecule has 8 heteroatoms. The average molecular weight is 443 g/mol. The monoisotopic (exact) mass is 442 g/mol. The summed E-state index contributed by atoms with van der Waals surface area (Å²) in [4.78, 5) is 10.8. The summed E-state index contributed by atoms with van der Waals surface area (Å²) in [6.07, 6.45) is 13.0. The summed E-state index contributed by atoms with van der Waals surface area (Å²) in [6, 6.07) is 6.03. The Balaban J connectivity index is 2.32. The minimum absolute atomic E-state index is 0.0101. The van der Waals surface area contributed by atoms with Crippen molar-refractivity contribution in [3.63, 3.8) is 0 Å². The van der Waals surface area contributed by atoms with E-state index in [0.717, 1.165) is 30.7 Å². The predicted molar refractivity (Wildman–Crippen MR) is 120 cm³/mol. The molecule has 1 atom stereocenters. The number of hydrogen-bond acceptors (Lipinski definition) is 4. The molecule has 0 saturated carbocycles. The number of unbranched alkanes of at least 4 members (excludes halogenated alkanes) is 9. The summed E-state index contributed by atoms with van der Waals surface area (Å²) >= 11 is 0. The van der Waals surface area contributed by atoms with Crippen molar-refractivity contribution in [2.75, 3.05) is 10.5 Å². The van der Waals surface area contributed by atoms with Crippen LogP contribution in [0.1, 0.15) is 71.1 Å². The van der Waals surface area contributed by atoms with Crippen molar-refractivity contribution in [2.24, 2.45) is 5.73 Å². The number of nitrogens with one attached hydrogen (secondary N) is 1. The normalized spacial score (nSPS) is 12.9. The van der Waals surface area contributed by atoms with Gasteiger partial charge in [-0.15, -0.1) is 0 Å². The van der Waals surface area contributed by atoms with Gasteiger partial charge in [-0.25, -0.2) is 12.6 Å². The molecule has 1 rings (SSSR count). The Kier molecular flexibility index (Phi) is 12.5. The van der Waals surface area contributed by atoms with Crippen molar-refractivity contribution in [1.29, 1.82) is 0 Å². The van der Waals surface area contributed by atoms with Gasteiger partial charge in [0.15, 0.2) is 9.84 Å². The van der Waals surface area contributed by atoms with E-state index in [2.05, 4.69) is 11.6 Å². The van der Waals surface area contributed by atoms with Crippen LogP contribution in [0, 0.1) is 0 Å². The molecule has 29 heavy (non-hydrogen) atoms. The maximum absolute atomic E-state index is 12.2. The average Bonchev–Trinajstić information content (AvgIpc) is 2.68. The molecule has 6 nitrogen and oxygen atoms in total. The third kappa shape index (κ3) is 11.8. The zero-order chi connectivity index (χ0) is 21.5. The van der Waals surface area contributed by atoms with Crippen molar-refractivity contribution in [3.8, 4) is 0 Å². The van der Waals surface area contributed by atoms with Gasteiger partial charge in [-0.2, -0.15) is 0 Å². The van der Waals surface area contributed by atoms with E-state index >= 15 is 0 Å². The van der Waals surface area contributed by atoms with Crippen LogP contribution in [0.15, 0.2) is 40.6 Å². The number of anilines is 1. The fourth-order valence-electron chi connectivity index (χ4n) is 2.87. The van der Waals surface area contributed by atoms with E-state index in [9.17, 15) is 17.4 Å². The number of sulfone groups is 1. The number of nitrogens with two attached hydrogens (primary N) is 1. The second kappa shape index (κ2) is 14.3. The smallest absolute Gasteiger partial charge is 0.242 e. The molecule has 0 aliphatic carbocycles. The Morgan fingerprint density at radius 3 is 2.21 bits per heavy atom. The molecule has 1 aromatic rings. The molecule has 3 N–H and O–H groups in total. The van der Waals surface area contributed by atoms with Crippen LogP contribution in [0.3, 0.4) is 0 Å². The van der Waals surface area contributed by atoms with Gasteiger partial charge in [-0.05, 0) is 24.6 Å². The minimum atomic E-state index is -3.77. The Labute approximate surface area is 177 Å². The van der Waals surface area contributed by atoms with E-state index in [1.807, 2.05) is 0 Å². The first-order valence-corrected chi connectivity index (χ1v) is 13.2. The minimum Gasteiger partial charge on any atom is -0.366 e. The first-order chi connectivity index (χ1) is 13.8. The van der Waals surface area contributed by atoms with Crippen LogP contribution in [-0.4, -0.2) is 24.3 Å². The molecule has 0 bridgehead atoms. The number of amides is 1. The van der Waals surface area contributed by atoms with E-state index in [-0.39, 0.29) is 4.90 Å². The molecule has 0 heterocycles. The number of primary amides is 1. The van der Waals surface area contributed by atoms with Crippen molar-refractivity contribution in [2.45, 2.75) is 76.0 Å². The van der Waals surface area contributed by atoms with Gasteiger partial charge in [0, 0.05) is 22.9 Å². The van der Waals surface area contributed by atoms with Crippen molar-refractivity contribution in [3.05, 3.63) is 35.7 Å². The number of rotatable bonds is 16. The Bertz CT molecular complexity index is 777. The van der Waals surface area contributed by atoms with E-state index in [0.29, 0.717) is 11.4 Å². The zero-order valence-electron chi connectivity index (χ0n) is 17.3. The Hall–Kier alpha value is -1.67. The standard InChI is InChI=1S/C21H34N2O4S2/c1-2-3-4-5-6-7-8-9-10-11-16-28(25)23-19-13-12-14-20(18-19)29(26,27)17-15-21(22)24/h12-15,17-18,23H,2-11,16H2,1H3,(H2,22,24). The zero-order valence-corrected chi connectivity index (χ0v) is 18.9. The highest BCUT2D eigenvalue weighted by atomic mass is 32.2.